The van der Waals surface area contributed by atoms with Crippen LogP contribution in [0.4, 0.5) is 0 Å². The normalized spacial score (nSPS) is 52.5. The second-order valence-corrected chi connectivity index (χ2v) is 8.59. The molecular weight excluding hydrogens is 466 g/mol. The Balaban J connectivity index is 1.72. The molecule has 200 valence electrons. The lowest BCUT2D eigenvalue weighted by Gasteiger charge is -2.48. The van der Waals surface area contributed by atoms with Crippen molar-refractivity contribution in [2.75, 3.05) is 19.8 Å². The highest BCUT2D eigenvalue weighted by Crippen LogP contribution is 2.30. The van der Waals surface area contributed by atoms with Crippen LogP contribution in [0.5, 0.6) is 0 Å². The molecule has 3 saturated heterocycles. The fourth-order valence-electron chi connectivity index (χ4n) is 4.18. The first kappa shape index (κ1) is 27.9. The molecule has 0 amide bonds. The molecule has 3 rings (SSSR count). The third-order valence-electron chi connectivity index (χ3n) is 6.33. The predicted octanol–water partition coefficient (Wildman–Crippen LogP) is -7.67. The average molecular weight is 501 g/mol. The van der Waals surface area contributed by atoms with Crippen LogP contribution in [-0.4, -0.2) is 153 Å². The second kappa shape index (κ2) is 11.6. The molecule has 16 heteroatoms. The van der Waals surface area contributed by atoms with Crippen LogP contribution in [0.15, 0.2) is 0 Å². The fraction of sp³-hybridized carbons (Fsp3) is 1.00. The Hall–Kier alpha value is -0.640. The first-order chi connectivity index (χ1) is 16.0. The van der Waals surface area contributed by atoms with E-state index < -0.39 is 112 Å². The van der Waals surface area contributed by atoms with Crippen LogP contribution in [0.1, 0.15) is 0 Å². The van der Waals surface area contributed by atoms with Gasteiger partial charge in [0.15, 0.2) is 18.9 Å². The van der Waals surface area contributed by atoms with E-state index in [0.29, 0.717) is 0 Å². The Kier molecular flexibility index (Phi) is 9.54. The molecule has 15 atom stereocenters. The lowest BCUT2D eigenvalue weighted by Crippen LogP contribution is -2.69. The molecule has 9 unspecified atom stereocenters. The van der Waals surface area contributed by atoms with E-state index in [0.717, 1.165) is 0 Å². The molecule has 0 aromatic rings. The lowest BCUT2D eigenvalue weighted by molar-refractivity contribution is -0.348. The van der Waals surface area contributed by atoms with Gasteiger partial charge in [-0.2, -0.15) is 0 Å². The van der Waals surface area contributed by atoms with Gasteiger partial charge in [-0.3, -0.25) is 0 Å². The number of ether oxygens (including phenoxy) is 5. The Morgan fingerprint density at radius 3 is 1.44 bits per heavy atom. The minimum Gasteiger partial charge on any atom is -0.394 e. The predicted molar refractivity (Wildman–Crippen MR) is 107 cm³/mol. The Morgan fingerprint density at radius 1 is 0.529 bits per heavy atom. The van der Waals surface area contributed by atoms with Gasteiger partial charge in [-0.05, 0) is 0 Å². The topological polar surface area (TPSA) is 286 Å². The highest BCUT2D eigenvalue weighted by Gasteiger charge is 2.52. The zero-order valence-corrected chi connectivity index (χ0v) is 18.1. The molecule has 3 heterocycles. The molecule has 0 spiro atoms. The summed E-state index contributed by atoms with van der Waals surface area (Å²) in [6.07, 6.45) is -16.8. The molecule has 0 aromatic heterocycles. The van der Waals surface area contributed by atoms with E-state index in [1.165, 1.54) is 0 Å². The van der Waals surface area contributed by atoms with Crippen molar-refractivity contribution < 1.29 is 64.5 Å². The average Bonchev–Trinajstić information content (AvgIpc) is 2.83. The summed E-state index contributed by atoms with van der Waals surface area (Å²) in [5.74, 6) is 0. The first-order valence-electron chi connectivity index (χ1n) is 10.8. The van der Waals surface area contributed by atoms with E-state index in [2.05, 4.69) is 0 Å². The van der Waals surface area contributed by atoms with E-state index in [1.807, 2.05) is 0 Å². The van der Waals surface area contributed by atoms with Crippen LogP contribution >= 0.6 is 0 Å². The summed E-state index contributed by atoms with van der Waals surface area (Å²) in [6.45, 7) is -2.00. The molecule has 0 radical (unpaired) electrons. The third kappa shape index (κ3) is 5.37. The number of rotatable bonds is 7. The Labute approximate surface area is 194 Å². The van der Waals surface area contributed by atoms with Gasteiger partial charge >= 0.3 is 0 Å². The summed E-state index contributed by atoms with van der Waals surface area (Å²) in [5.41, 5.74) is 17.6. The van der Waals surface area contributed by atoms with Gasteiger partial charge in [0.05, 0.1) is 37.9 Å². The van der Waals surface area contributed by atoms with Crippen molar-refractivity contribution in [1.82, 2.24) is 0 Å². The second-order valence-electron chi connectivity index (χ2n) is 8.59. The van der Waals surface area contributed by atoms with Crippen LogP contribution in [0.2, 0.25) is 0 Å². The van der Waals surface area contributed by atoms with Gasteiger partial charge in [0.1, 0.15) is 54.9 Å². The van der Waals surface area contributed by atoms with Gasteiger partial charge < -0.3 is 81.7 Å². The summed E-state index contributed by atoms with van der Waals surface area (Å²) in [6, 6.07) is -3.87. The molecule has 3 fully saturated rings. The van der Waals surface area contributed by atoms with Gasteiger partial charge in [-0.1, -0.05) is 0 Å². The largest absolute Gasteiger partial charge is 0.394 e. The zero-order valence-electron chi connectivity index (χ0n) is 18.1. The van der Waals surface area contributed by atoms with Gasteiger partial charge in [-0.15, -0.1) is 0 Å². The molecule has 0 aliphatic carbocycles. The quantitative estimate of drug-likeness (QED) is 0.154. The molecule has 16 nitrogen and oxygen atoms in total. The van der Waals surface area contributed by atoms with Crippen molar-refractivity contribution in [3.8, 4) is 0 Å². The monoisotopic (exact) mass is 501 g/mol. The van der Waals surface area contributed by atoms with Crippen LogP contribution in [-0.2, 0) is 23.7 Å². The maximum absolute atomic E-state index is 10.8. The van der Waals surface area contributed by atoms with Crippen molar-refractivity contribution in [3.63, 3.8) is 0 Å². The van der Waals surface area contributed by atoms with Crippen molar-refractivity contribution in [2.24, 2.45) is 17.2 Å². The molecule has 0 aromatic carbocycles. The SMILES string of the molecule is NC1C(O)[C@H](O)C(CO)O[C@H]1O[C@@H]1C(CO)O[C@@H](O[C@@H]2C(CO)O[C@@H](O)C(N)C2O)C(N)C1O. The maximum atomic E-state index is 10.8. The molecule has 0 bridgehead atoms. The summed E-state index contributed by atoms with van der Waals surface area (Å²) in [5, 5.41) is 79.6. The minimum absolute atomic E-state index is 0.651. The zero-order chi connectivity index (χ0) is 25.3. The van der Waals surface area contributed by atoms with Crippen molar-refractivity contribution >= 4 is 0 Å². The minimum atomic E-state index is -1.56. The first-order valence-corrected chi connectivity index (χ1v) is 10.8. The summed E-state index contributed by atoms with van der Waals surface area (Å²) >= 11 is 0. The molecular formula is C18H35N3O13. The van der Waals surface area contributed by atoms with Crippen LogP contribution < -0.4 is 17.2 Å². The fourth-order valence-corrected chi connectivity index (χ4v) is 4.18. The van der Waals surface area contributed by atoms with Gasteiger partial charge in [0.2, 0.25) is 0 Å². The molecule has 3 aliphatic rings. The Morgan fingerprint density at radius 2 is 0.941 bits per heavy atom. The van der Waals surface area contributed by atoms with E-state index >= 15 is 0 Å². The van der Waals surface area contributed by atoms with Crippen LogP contribution in [0.25, 0.3) is 0 Å². The van der Waals surface area contributed by atoms with E-state index in [9.17, 15) is 40.9 Å². The maximum Gasteiger partial charge on any atom is 0.176 e. The summed E-state index contributed by atoms with van der Waals surface area (Å²) in [4.78, 5) is 0. The molecule has 14 N–H and O–H groups in total. The number of hydrogen-bond donors (Lipinski definition) is 11. The molecule has 0 saturated carbocycles. The highest BCUT2D eigenvalue weighted by atomic mass is 16.7. The smallest absolute Gasteiger partial charge is 0.176 e. The van der Waals surface area contributed by atoms with E-state index in [-0.39, 0.29) is 0 Å². The van der Waals surface area contributed by atoms with Crippen LogP contribution in [0.3, 0.4) is 0 Å². The van der Waals surface area contributed by atoms with Crippen molar-refractivity contribution in [2.45, 2.75) is 91.9 Å². The number of hydrogen-bond acceptors (Lipinski definition) is 16. The number of aliphatic hydroxyl groups is 8. The van der Waals surface area contributed by atoms with Crippen LogP contribution in [0, 0.1) is 0 Å². The van der Waals surface area contributed by atoms with E-state index in [1.54, 1.807) is 0 Å². The number of nitrogens with two attached hydrogens (primary N) is 3. The van der Waals surface area contributed by atoms with E-state index in [4.69, 9.17) is 40.9 Å². The molecule has 34 heavy (non-hydrogen) atoms. The summed E-state index contributed by atoms with van der Waals surface area (Å²) in [7, 11) is 0. The Bertz CT molecular complexity index is 646. The standard InChI is InChI=1S/C18H35N3O13/c19-7-12(27)14(5(2-23)30-16(7)29)33-18-9(21)13(28)15(6(3-24)32-18)34-17-8(20)11(26)10(25)4(1-22)31-17/h4-18,22-29H,1-3,19-21H2/t4?,5?,6?,7?,8?,9?,10-,11?,12?,13?,14-,15-,16-,17+,18+/m1/s1. The summed E-state index contributed by atoms with van der Waals surface area (Å²) < 4.78 is 27.4. The van der Waals surface area contributed by atoms with Gasteiger partial charge in [0.25, 0.3) is 0 Å². The highest BCUT2D eigenvalue weighted by molar-refractivity contribution is 4.98. The third-order valence-corrected chi connectivity index (χ3v) is 6.33. The molecule has 3 aliphatic heterocycles. The van der Waals surface area contributed by atoms with Gasteiger partial charge in [0, 0.05) is 0 Å². The van der Waals surface area contributed by atoms with Crippen molar-refractivity contribution in [1.29, 1.82) is 0 Å². The van der Waals surface area contributed by atoms with Gasteiger partial charge in [-0.25, -0.2) is 0 Å². The lowest BCUT2D eigenvalue weighted by atomic mass is 9.94. The number of aliphatic hydroxyl groups excluding tert-OH is 8. The van der Waals surface area contributed by atoms with Crippen molar-refractivity contribution in [3.05, 3.63) is 0 Å².